The number of carbonyl (C=O) groups is 2. The fourth-order valence-electron chi connectivity index (χ4n) is 5.72. The lowest BCUT2D eigenvalue weighted by Crippen LogP contribution is -2.41. The summed E-state index contributed by atoms with van der Waals surface area (Å²) in [6, 6.07) is 9.14. The molecule has 1 N–H and O–H groups in total. The highest BCUT2D eigenvalue weighted by molar-refractivity contribution is 5.96. The van der Waals surface area contributed by atoms with E-state index in [1.54, 1.807) is 61.0 Å². The van der Waals surface area contributed by atoms with Crippen molar-refractivity contribution in [2.75, 3.05) is 37.7 Å². The average molecular weight is 674 g/mol. The number of likely N-dealkylation sites (tertiary alicyclic amines) is 1. The van der Waals surface area contributed by atoms with Crippen molar-refractivity contribution in [1.82, 2.24) is 20.2 Å². The van der Waals surface area contributed by atoms with Crippen molar-refractivity contribution in [3.63, 3.8) is 0 Å². The second-order valence-electron chi connectivity index (χ2n) is 12.7. The minimum atomic E-state index is -4.71. The second-order valence-corrected chi connectivity index (χ2v) is 12.7. The fourth-order valence-corrected chi connectivity index (χ4v) is 5.72. The molecule has 258 valence electrons. The lowest BCUT2D eigenvalue weighted by Gasteiger charge is -2.35. The molecule has 48 heavy (non-hydrogen) atoms. The van der Waals surface area contributed by atoms with E-state index < -0.39 is 41.3 Å². The summed E-state index contributed by atoms with van der Waals surface area (Å²) in [6.07, 6.45) is -2.80. The van der Waals surface area contributed by atoms with E-state index in [0.717, 1.165) is 12.1 Å². The van der Waals surface area contributed by atoms with Crippen LogP contribution in [0.25, 0.3) is 11.3 Å². The Kier molecular flexibility index (Phi) is 10.3. The summed E-state index contributed by atoms with van der Waals surface area (Å²) in [5.74, 6) is -0.914. The van der Waals surface area contributed by atoms with Gasteiger partial charge in [-0.2, -0.15) is 13.2 Å². The van der Waals surface area contributed by atoms with Crippen LogP contribution in [0.4, 0.5) is 28.0 Å². The number of nitrogens with zero attached hydrogens (tertiary/aromatic N) is 4. The summed E-state index contributed by atoms with van der Waals surface area (Å²) in [5.41, 5.74) is -0.764. The van der Waals surface area contributed by atoms with Gasteiger partial charge in [-0.05, 0) is 76.6 Å². The number of piperidine rings is 1. The molecule has 2 aromatic heterocycles. The molecule has 10 nitrogen and oxygen atoms in total. The van der Waals surface area contributed by atoms with Gasteiger partial charge in [-0.1, -0.05) is 0 Å². The Bertz CT molecular complexity index is 1620. The number of anilines is 1. The molecule has 2 aliphatic heterocycles. The van der Waals surface area contributed by atoms with Gasteiger partial charge in [-0.3, -0.25) is 4.79 Å². The molecule has 1 atom stereocenters. The summed E-state index contributed by atoms with van der Waals surface area (Å²) < 4.78 is 72.1. The molecule has 2 aliphatic rings. The third-order valence-electron chi connectivity index (χ3n) is 7.92. The first kappa shape index (κ1) is 34.7. The van der Waals surface area contributed by atoms with Crippen LogP contribution >= 0.6 is 0 Å². The van der Waals surface area contributed by atoms with Crippen LogP contribution in [-0.2, 0) is 10.9 Å². The van der Waals surface area contributed by atoms with E-state index in [4.69, 9.17) is 14.2 Å². The third-order valence-corrected chi connectivity index (χ3v) is 7.92. The van der Waals surface area contributed by atoms with E-state index in [9.17, 15) is 27.2 Å². The predicted octanol–water partition coefficient (Wildman–Crippen LogP) is 6.49. The number of aromatic nitrogens is 2. The van der Waals surface area contributed by atoms with E-state index in [1.807, 2.05) is 6.92 Å². The number of nitrogens with one attached hydrogen (secondary N) is 1. The smallest absolute Gasteiger partial charge is 0.418 e. The van der Waals surface area contributed by atoms with Crippen LogP contribution in [0.3, 0.4) is 0 Å². The minimum Gasteiger partial charge on any atom is -0.488 e. The molecule has 14 heteroatoms. The van der Waals surface area contributed by atoms with E-state index in [2.05, 4.69) is 15.3 Å². The fraction of sp³-hybridized carbons (Fsp3) is 0.471. The highest BCUT2D eigenvalue weighted by Crippen LogP contribution is 2.38. The van der Waals surface area contributed by atoms with Gasteiger partial charge in [0, 0.05) is 56.9 Å². The van der Waals surface area contributed by atoms with Crippen molar-refractivity contribution in [2.24, 2.45) is 0 Å². The van der Waals surface area contributed by atoms with Crippen LogP contribution in [-0.4, -0.2) is 77.4 Å². The number of halogens is 4. The number of amides is 2. The molecule has 0 saturated carbocycles. The van der Waals surface area contributed by atoms with E-state index in [-0.39, 0.29) is 42.8 Å². The van der Waals surface area contributed by atoms with Crippen molar-refractivity contribution in [2.45, 2.75) is 70.9 Å². The Morgan fingerprint density at radius 3 is 2.46 bits per heavy atom. The molecule has 0 aliphatic carbocycles. The van der Waals surface area contributed by atoms with Gasteiger partial charge in [0.05, 0.1) is 23.4 Å². The zero-order valence-electron chi connectivity index (χ0n) is 27.3. The predicted molar refractivity (Wildman–Crippen MR) is 170 cm³/mol. The van der Waals surface area contributed by atoms with Crippen molar-refractivity contribution in [3.05, 3.63) is 65.7 Å². The Balaban J connectivity index is 1.35. The van der Waals surface area contributed by atoms with Crippen molar-refractivity contribution < 1.29 is 41.4 Å². The molecule has 2 fully saturated rings. The number of alkyl halides is 3. The van der Waals surface area contributed by atoms with E-state index in [1.165, 1.54) is 0 Å². The molecule has 2 saturated heterocycles. The first-order valence-corrected chi connectivity index (χ1v) is 15.9. The Morgan fingerprint density at radius 1 is 1.02 bits per heavy atom. The van der Waals surface area contributed by atoms with E-state index >= 15 is 0 Å². The molecule has 3 aromatic rings. The summed E-state index contributed by atoms with van der Waals surface area (Å²) in [7, 11) is 0. The highest BCUT2D eigenvalue weighted by atomic mass is 19.4. The Morgan fingerprint density at radius 2 is 1.77 bits per heavy atom. The molecule has 1 aromatic carbocycles. The monoisotopic (exact) mass is 673 g/mol. The van der Waals surface area contributed by atoms with Gasteiger partial charge < -0.3 is 29.3 Å². The number of carbonyl (C=O) groups excluding carboxylic acids is 2. The first-order valence-electron chi connectivity index (χ1n) is 15.9. The second kappa shape index (κ2) is 14.2. The SMILES string of the molecule is CCOc1ncccc1-c1ccc(OC2CCN(c3ccc(F)cc3C(F)(F)F)CC2)c(C(=O)N[C@@H]2CCN(C(=O)OC(C)(C)C)C2)n1. The van der Waals surface area contributed by atoms with Gasteiger partial charge in [0.15, 0.2) is 11.4 Å². The zero-order chi connectivity index (χ0) is 34.6. The first-order chi connectivity index (χ1) is 22.7. The topological polar surface area (TPSA) is 106 Å². The maximum Gasteiger partial charge on any atom is 0.418 e. The van der Waals surface area contributed by atoms with Gasteiger partial charge >= 0.3 is 12.3 Å². The zero-order valence-corrected chi connectivity index (χ0v) is 27.3. The minimum absolute atomic E-state index is 0.00911. The van der Waals surface area contributed by atoms with Crippen LogP contribution in [0.2, 0.25) is 0 Å². The highest BCUT2D eigenvalue weighted by Gasteiger charge is 2.37. The van der Waals surface area contributed by atoms with Crippen LogP contribution in [0.5, 0.6) is 11.6 Å². The number of hydrogen-bond acceptors (Lipinski definition) is 8. The standard InChI is InChI=1S/C34H39F4N5O5/c1-5-46-31-24(7-6-15-39-31)26-9-11-28(29(41-26)30(44)40-22-12-16-43(20-22)32(45)48-33(2,3)4)47-23-13-17-42(18-14-23)27-10-8-21(35)19-25(27)34(36,37)38/h6-11,15,19,22-23H,5,12-14,16-18,20H2,1-4H3,(H,40,44)/t22-/m1/s1. The lowest BCUT2D eigenvalue weighted by atomic mass is 10.0. The van der Waals surface area contributed by atoms with Crippen molar-refractivity contribution in [3.8, 4) is 22.9 Å². The quantitative estimate of drug-likeness (QED) is 0.271. The normalized spacial score (nSPS) is 17.3. The largest absolute Gasteiger partial charge is 0.488 e. The van der Waals surface area contributed by atoms with Crippen molar-refractivity contribution in [1.29, 1.82) is 0 Å². The summed E-state index contributed by atoms with van der Waals surface area (Å²) in [4.78, 5) is 38.4. The Hall–Kier alpha value is -4.62. The molecule has 2 amide bonds. The molecule has 4 heterocycles. The molecule has 0 radical (unpaired) electrons. The van der Waals surface area contributed by atoms with Crippen LogP contribution in [0.15, 0.2) is 48.7 Å². The number of pyridine rings is 2. The third kappa shape index (κ3) is 8.45. The Labute approximate surface area is 276 Å². The maximum atomic E-state index is 13.8. The van der Waals surface area contributed by atoms with Crippen molar-refractivity contribution >= 4 is 17.7 Å². The van der Waals surface area contributed by atoms with Gasteiger partial charge in [0.2, 0.25) is 5.88 Å². The van der Waals surface area contributed by atoms with Gasteiger partial charge in [-0.25, -0.2) is 19.2 Å². The molecule has 0 spiro atoms. The maximum absolute atomic E-state index is 13.8. The van der Waals surface area contributed by atoms with Crippen LogP contribution in [0.1, 0.15) is 63.0 Å². The van der Waals surface area contributed by atoms with Gasteiger partial charge in [0.25, 0.3) is 5.91 Å². The van der Waals surface area contributed by atoms with E-state index in [0.29, 0.717) is 55.6 Å². The summed E-state index contributed by atoms with van der Waals surface area (Å²) >= 11 is 0. The van der Waals surface area contributed by atoms with Crippen LogP contribution < -0.4 is 19.7 Å². The van der Waals surface area contributed by atoms with Gasteiger partial charge in [-0.15, -0.1) is 0 Å². The molecule has 0 unspecified atom stereocenters. The molecule has 5 rings (SSSR count). The molecule has 0 bridgehead atoms. The summed E-state index contributed by atoms with van der Waals surface area (Å²) in [5, 5.41) is 2.97. The van der Waals surface area contributed by atoms with Crippen LogP contribution in [0, 0.1) is 5.82 Å². The molecular formula is C34H39F4N5O5. The summed E-state index contributed by atoms with van der Waals surface area (Å²) in [6.45, 7) is 8.67. The number of rotatable bonds is 8. The van der Waals surface area contributed by atoms with Gasteiger partial charge in [0.1, 0.15) is 17.5 Å². The average Bonchev–Trinajstić information content (AvgIpc) is 3.50. The number of ether oxygens (including phenoxy) is 3. The number of hydrogen-bond donors (Lipinski definition) is 1. The lowest BCUT2D eigenvalue weighted by molar-refractivity contribution is -0.137. The molecular weight excluding hydrogens is 634 g/mol. The number of benzene rings is 1.